The number of hydrogen-bond donors (Lipinski definition) is 1. The number of nitrogens with zero attached hydrogens (tertiary/aromatic N) is 2. The Hall–Kier alpha value is -3.53. The summed E-state index contributed by atoms with van der Waals surface area (Å²) in [5.74, 6) is 2.00. The lowest BCUT2D eigenvalue weighted by Gasteiger charge is -2.39. The maximum Gasteiger partial charge on any atom is 0.163 e. The molecule has 3 aromatic rings. The summed E-state index contributed by atoms with van der Waals surface area (Å²) in [5, 5.41) is 6.13. The topological polar surface area (TPSA) is 36.9 Å². The molecule has 1 saturated carbocycles. The molecule has 6 rings (SSSR count). The lowest BCUT2D eigenvalue weighted by molar-refractivity contribution is 0.190. The zero-order valence-electron chi connectivity index (χ0n) is 19.5. The highest BCUT2D eigenvalue weighted by molar-refractivity contribution is 5.91. The molecule has 0 aromatic heterocycles. The Morgan fingerprint density at radius 2 is 1.71 bits per heavy atom. The van der Waals surface area contributed by atoms with Gasteiger partial charge in [0.05, 0.1) is 6.20 Å². The normalized spacial score (nSPS) is 19.1. The maximum absolute atomic E-state index is 6.23. The molecule has 34 heavy (non-hydrogen) atoms. The predicted molar refractivity (Wildman–Crippen MR) is 138 cm³/mol. The molecule has 0 amide bonds. The smallest absolute Gasteiger partial charge is 0.163 e. The molecule has 1 fully saturated rings. The molecule has 4 nitrogen and oxygen atoms in total. The Bertz CT molecular complexity index is 1260. The van der Waals surface area contributed by atoms with Gasteiger partial charge in [-0.2, -0.15) is 0 Å². The second kappa shape index (κ2) is 9.02. The Morgan fingerprint density at radius 1 is 0.912 bits per heavy atom. The van der Waals surface area contributed by atoms with E-state index in [4.69, 9.17) is 9.73 Å². The third kappa shape index (κ3) is 3.87. The summed E-state index contributed by atoms with van der Waals surface area (Å²) >= 11 is 0. The predicted octanol–water partition coefficient (Wildman–Crippen LogP) is 6.26. The molecule has 0 radical (unpaired) electrons. The number of amidine groups is 1. The highest BCUT2D eigenvalue weighted by Crippen LogP contribution is 2.47. The van der Waals surface area contributed by atoms with Crippen molar-refractivity contribution in [2.24, 2.45) is 4.99 Å². The van der Waals surface area contributed by atoms with Crippen molar-refractivity contribution in [2.75, 3.05) is 13.1 Å². The molecule has 3 aliphatic rings. The quantitative estimate of drug-likeness (QED) is 0.483. The minimum atomic E-state index is 0.131. The maximum atomic E-state index is 6.23. The SMILES string of the molecule is C1=C(OCc2ccccc2)C2=CNCCN2C(CC2(c3cccc4ccccc34)CCCC2)=N1. The number of nitrogens with one attached hydrogen (secondary N) is 1. The number of hydrogen-bond acceptors (Lipinski definition) is 4. The minimum Gasteiger partial charge on any atom is -0.485 e. The van der Waals surface area contributed by atoms with Gasteiger partial charge >= 0.3 is 0 Å². The van der Waals surface area contributed by atoms with Crippen LogP contribution in [-0.2, 0) is 16.8 Å². The zero-order chi connectivity index (χ0) is 22.8. The van der Waals surface area contributed by atoms with Gasteiger partial charge in [0.15, 0.2) is 5.76 Å². The van der Waals surface area contributed by atoms with Crippen molar-refractivity contribution in [1.82, 2.24) is 10.2 Å². The van der Waals surface area contributed by atoms with E-state index in [1.807, 2.05) is 24.4 Å². The van der Waals surface area contributed by atoms with Crippen molar-refractivity contribution < 1.29 is 4.74 Å². The van der Waals surface area contributed by atoms with Crippen molar-refractivity contribution in [2.45, 2.75) is 44.1 Å². The highest BCUT2D eigenvalue weighted by Gasteiger charge is 2.40. The number of aliphatic imine (C=N–C) groups is 1. The van der Waals surface area contributed by atoms with E-state index in [0.717, 1.165) is 42.4 Å². The van der Waals surface area contributed by atoms with Gasteiger partial charge in [0.2, 0.25) is 0 Å². The summed E-state index contributed by atoms with van der Waals surface area (Å²) in [6.45, 7) is 2.36. The summed E-state index contributed by atoms with van der Waals surface area (Å²) in [7, 11) is 0. The van der Waals surface area contributed by atoms with Gasteiger partial charge in [0.1, 0.15) is 18.1 Å². The monoisotopic (exact) mass is 449 g/mol. The molecule has 0 unspecified atom stereocenters. The van der Waals surface area contributed by atoms with Crippen molar-refractivity contribution in [3.05, 3.63) is 108 Å². The van der Waals surface area contributed by atoms with E-state index >= 15 is 0 Å². The van der Waals surface area contributed by atoms with Crippen molar-refractivity contribution in [3.63, 3.8) is 0 Å². The van der Waals surface area contributed by atoms with Crippen molar-refractivity contribution >= 4 is 16.6 Å². The van der Waals surface area contributed by atoms with Gasteiger partial charge < -0.3 is 15.0 Å². The molecule has 0 bridgehead atoms. The number of rotatable bonds is 6. The molecule has 3 aromatic carbocycles. The first-order valence-electron chi connectivity index (χ1n) is 12.5. The van der Waals surface area contributed by atoms with Crippen LogP contribution in [0.2, 0.25) is 0 Å². The van der Waals surface area contributed by atoms with Crippen LogP contribution in [0.1, 0.15) is 43.2 Å². The van der Waals surface area contributed by atoms with Gasteiger partial charge in [-0.3, -0.25) is 0 Å². The molecule has 1 aliphatic carbocycles. The van der Waals surface area contributed by atoms with Gasteiger partial charge in [0.25, 0.3) is 0 Å². The Kier molecular flexibility index (Phi) is 5.58. The van der Waals surface area contributed by atoms with Crippen LogP contribution in [0.25, 0.3) is 10.8 Å². The van der Waals surface area contributed by atoms with Crippen LogP contribution in [-0.4, -0.2) is 23.8 Å². The van der Waals surface area contributed by atoms with Gasteiger partial charge in [-0.15, -0.1) is 0 Å². The fourth-order valence-electron chi connectivity index (χ4n) is 5.86. The largest absolute Gasteiger partial charge is 0.485 e. The van der Waals surface area contributed by atoms with Crippen LogP contribution < -0.4 is 5.32 Å². The molecule has 0 spiro atoms. The Morgan fingerprint density at radius 3 is 2.59 bits per heavy atom. The van der Waals surface area contributed by atoms with Crippen LogP contribution in [0.15, 0.2) is 102 Å². The first-order chi connectivity index (χ1) is 16.8. The van der Waals surface area contributed by atoms with Crippen LogP contribution >= 0.6 is 0 Å². The van der Waals surface area contributed by atoms with E-state index in [0.29, 0.717) is 6.61 Å². The molecule has 4 heteroatoms. The van der Waals surface area contributed by atoms with E-state index in [1.54, 1.807) is 0 Å². The third-order valence-corrected chi connectivity index (χ3v) is 7.56. The average molecular weight is 450 g/mol. The van der Waals surface area contributed by atoms with E-state index in [-0.39, 0.29) is 5.41 Å². The van der Waals surface area contributed by atoms with Crippen molar-refractivity contribution in [3.8, 4) is 0 Å². The summed E-state index contributed by atoms with van der Waals surface area (Å²) in [4.78, 5) is 7.39. The summed E-state index contributed by atoms with van der Waals surface area (Å²) < 4.78 is 6.23. The van der Waals surface area contributed by atoms with Crippen LogP contribution in [0.5, 0.6) is 0 Å². The first kappa shape index (κ1) is 21.0. The van der Waals surface area contributed by atoms with E-state index in [1.165, 1.54) is 42.0 Å². The standard InChI is InChI=1S/C30H31N3O/c1-2-9-23(10-3-1)22-34-28-21-32-29(33-18-17-31-20-27(28)33)19-30(15-6-7-16-30)26-14-8-12-24-11-4-5-13-25(24)26/h1-5,8-14,20-21,31H,6-7,15-19,22H2. The van der Waals surface area contributed by atoms with Gasteiger partial charge in [-0.1, -0.05) is 85.6 Å². The van der Waals surface area contributed by atoms with Crippen LogP contribution in [0.4, 0.5) is 0 Å². The Balaban J connectivity index is 1.33. The van der Waals surface area contributed by atoms with Crippen LogP contribution in [0, 0.1) is 0 Å². The fraction of sp³-hybridized carbons (Fsp3) is 0.300. The van der Waals surface area contributed by atoms with Crippen LogP contribution in [0.3, 0.4) is 0 Å². The Labute approximate surface area is 201 Å². The lowest BCUT2D eigenvalue weighted by atomic mass is 9.73. The molecular formula is C30H31N3O. The average Bonchev–Trinajstić information content (AvgIpc) is 3.38. The molecule has 0 atom stereocenters. The number of ether oxygens (including phenoxy) is 1. The number of fused-ring (bicyclic) bond motifs is 2. The highest BCUT2D eigenvalue weighted by atomic mass is 16.5. The second-order valence-corrected chi connectivity index (χ2v) is 9.64. The van der Waals surface area contributed by atoms with E-state index in [2.05, 4.69) is 71.0 Å². The van der Waals surface area contributed by atoms with E-state index < -0.39 is 0 Å². The second-order valence-electron chi connectivity index (χ2n) is 9.64. The summed E-state index contributed by atoms with van der Waals surface area (Å²) in [6, 6.07) is 26.0. The minimum absolute atomic E-state index is 0.131. The number of benzene rings is 3. The summed E-state index contributed by atoms with van der Waals surface area (Å²) in [5.41, 5.74) is 3.88. The molecule has 1 N–H and O–H groups in total. The molecular weight excluding hydrogens is 418 g/mol. The molecule has 0 saturated heterocycles. The molecule has 2 aliphatic heterocycles. The third-order valence-electron chi connectivity index (χ3n) is 7.56. The van der Waals surface area contributed by atoms with E-state index in [9.17, 15) is 0 Å². The zero-order valence-corrected chi connectivity index (χ0v) is 19.5. The molecule has 172 valence electrons. The summed E-state index contributed by atoms with van der Waals surface area (Å²) in [6.07, 6.45) is 9.97. The first-order valence-corrected chi connectivity index (χ1v) is 12.5. The van der Waals surface area contributed by atoms with Gasteiger partial charge in [0, 0.05) is 31.1 Å². The van der Waals surface area contributed by atoms with Gasteiger partial charge in [-0.25, -0.2) is 4.99 Å². The molecule has 2 heterocycles. The lowest BCUT2D eigenvalue weighted by Crippen LogP contribution is -2.44. The van der Waals surface area contributed by atoms with Crippen molar-refractivity contribution in [1.29, 1.82) is 0 Å². The fourth-order valence-corrected chi connectivity index (χ4v) is 5.86. The van der Waals surface area contributed by atoms with Gasteiger partial charge in [-0.05, 0) is 34.7 Å².